The molecule has 1 saturated heterocycles. The molecule has 0 radical (unpaired) electrons. The Labute approximate surface area is 106 Å². The van der Waals surface area contributed by atoms with Gasteiger partial charge in [-0.15, -0.1) is 0 Å². The molecule has 0 atom stereocenters. The molecule has 0 aromatic carbocycles. The molecule has 0 aromatic heterocycles. The summed E-state index contributed by atoms with van der Waals surface area (Å²) < 4.78 is 0. The van der Waals surface area contributed by atoms with Gasteiger partial charge in [0.05, 0.1) is 5.41 Å². The summed E-state index contributed by atoms with van der Waals surface area (Å²) in [6, 6.07) is 0. The number of hydrogen-bond donors (Lipinski definition) is 1. The van der Waals surface area contributed by atoms with E-state index >= 15 is 0 Å². The Morgan fingerprint density at radius 3 is 2.56 bits per heavy atom. The van der Waals surface area contributed by atoms with Crippen molar-refractivity contribution in [1.82, 2.24) is 10.2 Å². The van der Waals surface area contributed by atoms with Crippen LogP contribution in [0.4, 0.5) is 0 Å². The van der Waals surface area contributed by atoms with Crippen molar-refractivity contribution in [2.75, 3.05) is 13.1 Å². The molecule has 1 aliphatic heterocycles. The summed E-state index contributed by atoms with van der Waals surface area (Å²) in [5.41, 5.74) is -0.437. The number of carbonyl (C=O) groups is 3. The molecule has 3 amide bonds. The van der Waals surface area contributed by atoms with E-state index in [1.54, 1.807) is 0 Å². The number of rotatable bonds is 4. The Hall–Kier alpha value is -1.39. The highest BCUT2D eigenvalue weighted by Crippen LogP contribution is 2.49. The SMILES string of the molecule is O=C(CN1C(=O)CC2(CCC2)C1=O)NCC1CC1. The molecular weight excluding hydrogens is 232 g/mol. The molecule has 1 heterocycles. The van der Waals surface area contributed by atoms with E-state index in [-0.39, 0.29) is 24.3 Å². The fourth-order valence-electron chi connectivity index (χ4n) is 2.79. The minimum absolute atomic E-state index is 0.0911. The molecule has 0 aromatic rings. The molecule has 3 fully saturated rings. The van der Waals surface area contributed by atoms with Crippen molar-refractivity contribution in [2.45, 2.75) is 38.5 Å². The van der Waals surface area contributed by atoms with Crippen LogP contribution >= 0.6 is 0 Å². The van der Waals surface area contributed by atoms with Crippen molar-refractivity contribution in [1.29, 1.82) is 0 Å². The molecule has 3 aliphatic rings. The van der Waals surface area contributed by atoms with E-state index in [9.17, 15) is 14.4 Å². The van der Waals surface area contributed by atoms with Crippen LogP contribution in [0.2, 0.25) is 0 Å². The Morgan fingerprint density at radius 2 is 2.06 bits per heavy atom. The second kappa shape index (κ2) is 4.07. The van der Waals surface area contributed by atoms with Gasteiger partial charge < -0.3 is 5.32 Å². The summed E-state index contributed by atoms with van der Waals surface area (Å²) in [6.45, 7) is 0.590. The Kier molecular flexibility index (Phi) is 2.64. The van der Waals surface area contributed by atoms with Crippen molar-refractivity contribution in [3.05, 3.63) is 0 Å². The summed E-state index contributed by atoms with van der Waals surface area (Å²) in [4.78, 5) is 36.8. The molecule has 5 nitrogen and oxygen atoms in total. The largest absolute Gasteiger partial charge is 0.354 e. The minimum atomic E-state index is -0.437. The lowest BCUT2D eigenvalue weighted by Gasteiger charge is -2.34. The molecular formula is C13H18N2O3. The highest BCUT2D eigenvalue weighted by Gasteiger charge is 2.54. The molecule has 1 N–H and O–H groups in total. The first-order valence-electron chi connectivity index (χ1n) is 6.72. The summed E-state index contributed by atoms with van der Waals surface area (Å²) in [5.74, 6) is 0.0958. The topological polar surface area (TPSA) is 66.5 Å². The van der Waals surface area contributed by atoms with Crippen molar-refractivity contribution < 1.29 is 14.4 Å². The first-order chi connectivity index (χ1) is 8.61. The van der Waals surface area contributed by atoms with Crippen molar-refractivity contribution >= 4 is 17.7 Å². The van der Waals surface area contributed by atoms with Crippen LogP contribution in [-0.4, -0.2) is 35.7 Å². The van der Waals surface area contributed by atoms with Gasteiger partial charge in [0.15, 0.2) is 0 Å². The standard InChI is InChI=1S/C13H18N2O3/c16-10(14-7-9-2-3-9)8-15-11(17)6-13(12(15)18)4-1-5-13/h9H,1-8H2,(H,14,16). The van der Waals surface area contributed by atoms with Crippen molar-refractivity contribution in [3.63, 3.8) is 0 Å². The predicted octanol–water partition coefficient (Wildman–Crippen LogP) is 0.442. The van der Waals surface area contributed by atoms with Gasteiger partial charge >= 0.3 is 0 Å². The van der Waals surface area contributed by atoms with Crippen LogP contribution in [0.1, 0.15) is 38.5 Å². The predicted molar refractivity (Wildman–Crippen MR) is 63.4 cm³/mol. The van der Waals surface area contributed by atoms with Gasteiger partial charge in [0.25, 0.3) is 0 Å². The molecule has 18 heavy (non-hydrogen) atoms. The Balaban J connectivity index is 1.56. The molecule has 5 heteroatoms. The van der Waals surface area contributed by atoms with E-state index in [1.165, 1.54) is 12.8 Å². The third-order valence-electron chi connectivity index (χ3n) is 4.39. The van der Waals surface area contributed by atoms with Crippen LogP contribution in [-0.2, 0) is 14.4 Å². The molecule has 0 unspecified atom stereocenters. The smallest absolute Gasteiger partial charge is 0.240 e. The average molecular weight is 250 g/mol. The van der Waals surface area contributed by atoms with E-state index in [0.717, 1.165) is 24.2 Å². The number of nitrogens with one attached hydrogen (secondary N) is 1. The van der Waals surface area contributed by atoms with Gasteiger partial charge in [0.2, 0.25) is 17.7 Å². The van der Waals surface area contributed by atoms with E-state index in [2.05, 4.69) is 5.32 Å². The fourth-order valence-corrected chi connectivity index (χ4v) is 2.79. The van der Waals surface area contributed by atoms with Gasteiger partial charge in [0, 0.05) is 13.0 Å². The zero-order valence-corrected chi connectivity index (χ0v) is 10.4. The van der Waals surface area contributed by atoms with E-state index in [1.807, 2.05) is 0 Å². The molecule has 98 valence electrons. The summed E-state index contributed by atoms with van der Waals surface area (Å²) >= 11 is 0. The van der Waals surface area contributed by atoms with Crippen molar-refractivity contribution in [3.8, 4) is 0 Å². The normalized spacial score (nSPS) is 25.4. The third kappa shape index (κ3) is 1.91. The number of likely N-dealkylation sites (tertiary alicyclic amines) is 1. The van der Waals surface area contributed by atoms with Gasteiger partial charge in [-0.25, -0.2) is 0 Å². The summed E-state index contributed by atoms with van der Waals surface area (Å²) in [5, 5.41) is 2.79. The molecule has 1 spiro atoms. The molecule has 3 rings (SSSR count). The molecule has 2 aliphatic carbocycles. The zero-order valence-electron chi connectivity index (χ0n) is 10.4. The van der Waals surface area contributed by atoms with Crippen LogP contribution in [0.25, 0.3) is 0 Å². The lowest BCUT2D eigenvalue weighted by atomic mass is 9.68. The van der Waals surface area contributed by atoms with Gasteiger partial charge in [-0.2, -0.15) is 0 Å². The average Bonchev–Trinajstić information content (AvgIpc) is 3.07. The lowest BCUT2D eigenvalue weighted by Crippen LogP contribution is -2.44. The van der Waals surface area contributed by atoms with Crippen LogP contribution in [0.3, 0.4) is 0 Å². The number of nitrogens with zero attached hydrogens (tertiary/aromatic N) is 1. The monoisotopic (exact) mass is 250 g/mol. The first-order valence-corrected chi connectivity index (χ1v) is 6.72. The summed E-state index contributed by atoms with van der Waals surface area (Å²) in [6.07, 6.45) is 5.27. The highest BCUT2D eigenvalue weighted by atomic mass is 16.2. The number of imide groups is 1. The van der Waals surface area contributed by atoms with Gasteiger partial charge in [0.1, 0.15) is 6.54 Å². The maximum absolute atomic E-state index is 12.1. The quantitative estimate of drug-likeness (QED) is 0.736. The fraction of sp³-hybridized carbons (Fsp3) is 0.769. The third-order valence-corrected chi connectivity index (χ3v) is 4.39. The number of carbonyl (C=O) groups excluding carboxylic acids is 3. The van der Waals surface area contributed by atoms with Crippen LogP contribution in [0.15, 0.2) is 0 Å². The molecule has 2 saturated carbocycles. The second-order valence-electron chi connectivity index (χ2n) is 5.84. The van der Waals surface area contributed by atoms with E-state index < -0.39 is 5.41 Å². The maximum atomic E-state index is 12.1. The van der Waals surface area contributed by atoms with Gasteiger partial charge in [-0.05, 0) is 31.6 Å². The van der Waals surface area contributed by atoms with Crippen LogP contribution < -0.4 is 5.32 Å². The van der Waals surface area contributed by atoms with Crippen LogP contribution in [0.5, 0.6) is 0 Å². The summed E-state index contributed by atoms with van der Waals surface area (Å²) in [7, 11) is 0. The first kappa shape index (κ1) is 11.7. The zero-order chi connectivity index (χ0) is 12.8. The van der Waals surface area contributed by atoms with E-state index in [4.69, 9.17) is 0 Å². The van der Waals surface area contributed by atoms with E-state index in [0.29, 0.717) is 18.9 Å². The van der Waals surface area contributed by atoms with Crippen molar-refractivity contribution in [2.24, 2.45) is 11.3 Å². The number of amides is 3. The number of hydrogen-bond acceptors (Lipinski definition) is 3. The second-order valence-corrected chi connectivity index (χ2v) is 5.84. The highest BCUT2D eigenvalue weighted by molar-refractivity contribution is 6.08. The van der Waals surface area contributed by atoms with Gasteiger partial charge in [-0.1, -0.05) is 6.42 Å². The lowest BCUT2D eigenvalue weighted by molar-refractivity contribution is -0.146. The molecule has 0 bridgehead atoms. The Morgan fingerprint density at radius 1 is 1.33 bits per heavy atom. The van der Waals surface area contributed by atoms with Gasteiger partial charge in [-0.3, -0.25) is 19.3 Å². The minimum Gasteiger partial charge on any atom is -0.354 e. The van der Waals surface area contributed by atoms with Crippen LogP contribution in [0, 0.1) is 11.3 Å². The Bertz CT molecular complexity index is 410. The maximum Gasteiger partial charge on any atom is 0.240 e.